The van der Waals surface area contributed by atoms with Gasteiger partial charge in [0.25, 0.3) is 0 Å². The SMILES string of the molecule is CNCC(=O)N1CCCC(F)C1. The molecule has 0 aromatic carbocycles. The van der Waals surface area contributed by atoms with Crippen molar-refractivity contribution in [1.29, 1.82) is 0 Å². The van der Waals surface area contributed by atoms with Crippen LogP contribution in [0.3, 0.4) is 0 Å². The van der Waals surface area contributed by atoms with E-state index in [9.17, 15) is 9.18 Å². The molecule has 0 radical (unpaired) electrons. The topological polar surface area (TPSA) is 32.3 Å². The molecular formula is C8H15FN2O. The van der Waals surface area contributed by atoms with E-state index < -0.39 is 6.17 Å². The summed E-state index contributed by atoms with van der Waals surface area (Å²) in [5, 5.41) is 2.77. The first kappa shape index (κ1) is 9.45. The van der Waals surface area contributed by atoms with Crippen LogP contribution in [0.15, 0.2) is 0 Å². The molecule has 70 valence electrons. The lowest BCUT2D eigenvalue weighted by Gasteiger charge is -2.28. The summed E-state index contributed by atoms with van der Waals surface area (Å²) < 4.78 is 12.8. The van der Waals surface area contributed by atoms with Gasteiger partial charge >= 0.3 is 0 Å². The molecule has 0 aliphatic carbocycles. The molecule has 0 aromatic rings. The van der Waals surface area contributed by atoms with Gasteiger partial charge < -0.3 is 10.2 Å². The standard InChI is InChI=1S/C8H15FN2O/c1-10-5-8(12)11-4-2-3-7(9)6-11/h7,10H,2-6H2,1H3. The number of carbonyl (C=O) groups excluding carboxylic acids is 1. The Bertz CT molecular complexity index is 163. The first-order chi connectivity index (χ1) is 5.74. The van der Waals surface area contributed by atoms with Crippen LogP contribution in [0.1, 0.15) is 12.8 Å². The lowest BCUT2D eigenvalue weighted by atomic mass is 10.1. The normalized spacial score (nSPS) is 24.2. The molecule has 0 bridgehead atoms. The quantitative estimate of drug-likeness (QED) is 0.647. The zero-order chi connectivity index (χ0) is 8.97. The number of halogens is 1. The average molecular weight is 174 g/mol. The average Bonchev–Trinajstić information content (AvgIpc) is 2.05. The van der Waals surface area contributed by atoms with Crippen LogP contribution in [-0.2, 0) is 4.79 Å². The minimum Gasteiger partial charge on any atom is -0.339 e. The summed E-state index contributed by atoms with van der Waals surface area (Å²) in [6, 6.07) is 0. The molecule has 1 N–H and O–H groups in total. The molecule has 1 atom stereocenters. The van der Waals surface area contributed by atoms with Crippen LogP contribution in [-0.4, -0.2) is 43.7 Å². The predicted molar refractivity (Wildman–Crippen MR) is 44.6 cm³/mol. The number of hydrogen-bond acceptors (Lipinski definition) is 2. The zero-order valence-corrected chi connectivity index (χ0v) is 7.35. The van der Waals surface area contributed by atoms with E-state index in [2.05, 4.69) is 5.32 Å². The minimum absolute atomic E-state index is 0.000139. The number of piperidine rings is 1. The summed E-state index contributed by atoms with van der Waals surface area (Å²) in [5.74, 6) is -0.000139. The summed E-state index contributed by atoms with van der Waals surface area (Å²) in [4.78, 5) is 12.8. The first-order valence-corrected chi connectivity index (χ1v) is 4.30. The van der Waals surface area contributed by atoms with E-state index in [1.807, 2.05) is 0 Å². The maximum absolute atomic E-state index is 12.8. The molecule has 0 spiro atoms. The molecule has 0 aromatic heterocycles. The third kappa shape index (κ3) is 2.44. The number of likely N-dealkylation sites (tertiary alicyclic amines) is 1. The van der Waals surface area contributed by atoms with Crippen molar-refractivity contribution in [2.24, 2.45) is 0 Å². The Hall–Kier alpha value is -0.640. The van der Waals surface area contributed by atoms with Gasteiger partial charge in [0.1, 0.15) is 6.17 Å². The van der Waals surface area contributed by atoms with Crippen LogP contribution >= 0.6 is 0 Å². The van der Waals surface area contributed by atoms with Gasteiger partial charge in [0.05, 0.1) is 13.1 Å². The van der Waals surface area contributed by atoms with E-state index in [-0.39, 0.29) is 12.5 Å². The second-order valence-electron chi connectivity index (χ2n) is 3.11. The Balaban J connectivity index is 2.35. The number of likely N-dealkylation sites (N-methyl/N-ethyl adjacent to an activating group) is 1. The van der Waals surface area contributed by atoms with Crippen molar-refractivity contribution >= 4 is 5.91 Å². The lowest BCUT2D eigenvalue weighted by molar-refractivity contribution is -0.132. The molecule has 1 unspecified atom stereocenters. The summed E-state index contributed by atoms with van der Waals surface area (Å²) >= 11 is 0. The van der Waals surface area contributed by atoms with Gasteiger partial charge in [0.15, 0.2) is 0 Å². The fourth-order valence-corrected chi connectivity index (χ4v) is 1.41. The van der Waals surface area contributed by atoms with Crippen LogP contribution in [0.4, 0.5) is 4.39 Å². The molecular weight excluding hydrogens is 159 g/mol. The van der Waals surface area contributed by atoms with E-state index in [1.54, 1.807) is 11.9 Å². The summed E-state index contributed by atoms with van der Waals surface area (Å²) in [6.07, 6.45) is 0.569. The third-order valence-electron chi connectivity index (χ3n) is 2.04. The van der Waals surface area contributed by atoms with Gasteiger partial charge in [-0.2, -0.15) is 0 Å². The largest absolute Gasteiger partial charge is 0.339 e. The number of hydrogen-bond donors (Lipinski definition) is 1. The number of rotatable bonds is 2. The Morgan fingerprint density at radius 2 is 2.50 bits per heavy atom. The van der Waals surface area contributed by atoms with E-state index in [0.717, 1.165) is 6.42 Å². The molecule has 1 aliphatic rings. The molecule has 0 saturated carbocycles. The number of nitrogens with one attached hydrogen (secondary N) is 1. The lowest BCUT2D eigenvalue weighted by Crippen LogP contribution is -2.44. The van der Waals surface area contributed by atoms with Crippen molar-refractivity contribution in [2.45, 2.75) is 19.0 Å². The van der Waals surface area contributed by atoms with E-state index in [1.165, 1.54) is 0 Å². The molecule has 1 rings (SSSR count). The highest BCUT2D eigenvalue weighted by Gasteiger charge is 2.22. The maximum atomic E-state index is 12.8. The Morgan fingerprint density at radius 1 is 1.75 bits per heavy atom. The number of amides is 1. The van der Waals surface area contributed by atoms with Crippen molar-refractivity contribution in [3.63, 3.8) is 0 Å². The van der Waals surface area contributed by atoms with Gasteiger partial charge in [-0.1, -0.05) is 0 Å². The van der Waals surface area contributed by atoms with Crippen molar-refractivity contribution in [3.8, 4) is 0 Å². The van der Waals surface area contributed by atoms with Crippen molar-refractivity contribution < 1.29 is 9.18 Å². The molecule has 1 saturated heterocycles. The molecule has 4 heteroatoms. The van der Waals surface area contributed by atoms with Crippen LogP contribution < -0.4 is 5.32 Å². The second kappa shape index (κ2) is 4.40. The van der Waals surface area contributed by atoms with Gasteiger partial charge in [-0.15, -0.1) is 0 Å². The smallest absolute Gasteiger partial charge is 0.236 e. The molecule has 1 fully saturated rings. The molecule has 3 nitrogen and oxygen atoms in total. The highest BCUT2D eigenvalue weighted by molar-refractivity contribution is 5.78. The van der Waals surface area contributed by atoms with Crippen molar-refractivity contribution in [3.05, 3.63) is 0 Å². The third-order valence-corrected chi connectivity index (χ3v) is 2.04. The fourth-order valence-electron chi connectivity index (χ4n) is 1.41. The van der Waals surface area contributed by atoms with Gasteiger partial charge in [-0.3, -0.25) is 4.79 Å². The monoisotopic (exact) mass is 174 g/mol. The Morgan fingerprint density at radius 3 is 3.08 bits per heavy atom. The zero-order valence-electron chi connectivity index (χ0n) is 7.35. The second-order valence-corrected chi connectivity index (χ2v) is 3.11. The molecule has 12 heavy (non-hydrogen) atoms. The molecule has 1 heterocycles. The summed E-state index contributed by atoms with van der Waals surface area (Å²) in [7, 11) is 1.72. The highest BCUT2D eigenvalue weighted by atomic mass is 19.1. The van der Waals surface area contributed by atoms with Gasteiger partial charge in [-0.25, -0.2) is 4.39 Å². The van der Waals surface area contributed by atoms with Crippen LogP contribution in [0.25, 0.3) is 0 Å². The summed E-state index contributed by atoms with van der Waals surface area (Å²) in [6.45, 7) is 1.30. The maximum Gasteiger partial charge on any atom is 0.236 e. The Labute approximate surface area is 71.9 Å². The van der Waals surface area contributed by atoms with Gasteiger partial charge in [-0.05, 0) is 19.9 Å². The predicted octanol–water partition coefficient (Wildman–Crippen LogP) is 0.166. The van der Waals surface area contributed by atoms with Gasteiger partial charge in [0.2, 0.25) is 5.91 Å². The first-order valence-electron chi connectivity index (χ1n) is 4.30. The number of carbonyl (C=O) groups is 1. The molecule has 1 amide bonds. The van der Waals surface area contributed by atoms with Gasteiger partial charge in [0, 0.05) is 6.54 Å². The van der Waals surface area contributed by atoms with Crippen molar-refractivity contribution in [2.75, 3.05) is 26.7 Å². The highest BCUT2D eigenvalue weighted by Crippen LogP contribution is 2.12. The van der Waals surface area contributed by atoms with E-state index >= 15 is 0 Å². The van der Waals surface area contributed by atoms with Crippen LogP contribution in [0, 0.1) is 0 Å². The summed E-state index contributed by atoms with van der Waals surface area (Å²) in [5.41, 5.74) is 0. The fraction of sp³-hybridized carbons (Fsp3) is 0.875. The number of alkyl halides is 1. The van der Waals surface area contributed by atoms with E-state index in [0.29, 0.717) is 19.5 Å². The Kier molecular flexibility index (Phi) is 3.47. The van der Waals surface area contributed by atoms with Crippen LogP contribution in [0.2, 0.25) is 0 Å². The minimum atomic E-state index is -0.820. The van der Waals surface area contributed by atoms with E-state index in [4.69, 9.17) is 0 Å². The number of nitrogens with zero attached hydrogens (tertiary/aromatic N) is 1. The van der Waals surface area contributed by atoms with Crippen molar-refractivity contribution in [1.82, 2.24) is 10.2 Å². The van der Waals surface area contributed by atoms with Crippen LogP contribution in [0.5, 0.6) is 0 Å². The molecule has 1 aliphatic heterocycles.